The number of benzene rings is 1. The van der Waals surface area contributed by atoms with E-state index in [-0.39, 0.29) is 17.9 Å². The minimum absolute atomic E-state index is 0.0000859. The molecule has 2 heterocycles. The Morgan fingerprint density at radius 1 is 1.12 bits per heavy atom. The molecule has 0 aliphatic carbocycles. The first-order valence-corrected chi connectivity index (χ1v) is 11.4. The van der Waals surface area contributed by atoms with Crippen LogP contribution in [0, 0.1) is 5.82 Å². The van der Waals surface area contributed by atoms with Crippen molar-refractivity contribution >= 4 is 27.0 Å². The quantitative estimate of drug-likeness (QED) is 0.814. The molecule has 2 atom stereocenters. The molecule has 1 aromatic carbocycles. The van der Waals surface area contributed by atoms with Crippen molar-refractivity contribution in [1.82, 2.24) is 9.62 Å². The SMILES string of the molecule is C[C@@H](NS(C)(=O)=O)[C@H](c1cccs1)N1CCN(c2ccc(F)cc2)CC1. The highest BCUT2D eigenvalue weighted by molar-refractivity contribution is 7.88. The third kappa shape index (κ3) is 4.82. The summed E-state index contributed by atoms with van der Waals surface area (Å²) in [7, 11) is -3.27. The van der Waals surface area contributed by atoms with E-state index in [0.29, 0.717) is 0 Å². The summed E-state index contributed by atoms with van der Waals surface area (Å²) in [6, 6.07) is 10.4. The first kappa shape index (κ1) is 19.3. The average molecular weight is 398 g/mol. The number of anilines is 1. The van der Waals surface area contributed by atoms with Crippen LogP contribution in [0.25, 0.3) is 0 Å². The summed E-state index contributed by atoms with van der Waals surface area (Å²) < 4.78 is 39.3. The highest BCUT2D eigenvalue weighted by atomic mass is 32.2. The Kier molecular flexibility index (Phi) is 5.96. The molecule has 8 heteroatoms. The first-order valence-electron chi connectivity index (χ1n) is 8.59. The Hall–Kier alpha value is -1.48. The van der Waals surface area contributed by atoms with Gasteiger partial charge in [-0.05, 0) is 42.6 Å². The molecule has 3 rings (SSSR count). The van der Waals surface area contributed by atoms with Crippen LogP contribution in [-0.2, 0) is 10.0 Å². The predicted molar refractivity (Wildman–Crippen MR) is 105 cm³/mol. The molecule has 0 bridgehead atoms. The Balaban J connectivity index is 1.72. The Morgan fingerprint density at radius 2 is 1.77 bits per heavy atom. The second kappa shape index (κ2) is 8.04. The molecule has 142 valence electrons. The van der Waals surface area contributed by atoms with E-state index in [0.717, 1.165) is 36.7 Å². The van der Waals surface area contributed by atoms with E-state index < -0.39 is 10.0 Å². The fraction of sp³-hybridized carbons (Fsp3) is 0.444. The Labute approximate surface area is 158 Å². The molecule has 5 nitrogen and oxygen atoms in total. The highest BCUT2D eigenvalue weighted by Crippen LogP contribution is 2.30. The summed E-state index contributed by atoms with van der Waals surface area (Å²) in [5.41, 5.74) is 1.01. The number of hydrogen-bond acceptors (Lipinski definition) is 5. The molecular weight excluding hydrogens is 373 g/mol. The summed E-state index contributed by atoms with van der Waals surface area (Å²) in [6.07, 6.45) is 1.20. The number of sulfonamides is 1. The number of halogens is 1. The van der Waals surface area contributed by atoms with Gasteiger partial charge in [0.2, 0.25) is 10.0 Å². The molecule has 0 radical (unpaired) electrons. The van der Waals surface area contributed by atoms with Crippen LogP contribution < -0.4 is 9.62 Å². The topological polar surface area (TPSA) is 52.7 Å². The van der Waals surface area contributed by atoms with Gasteiger partial charge >= 0.3 is 0 Å². The fourth-order valence-corrected chi connectivity index (χ4v) is 5.28. The van der Waals surface area contributed by atoms with Gasteiger partial charge in [0.05, 0.1) is 12.3 Å². The van der Waals surface area contributed by atoms with Crippen LogP contribution >= 0.6 is 11.3 Å². The maximum absolute atomic E-state index is 13.1. The molecular formula is C18H24FN3O2S2. The lowest BCUT2D eigenvalue weighted by molar-refractivity contribution is 0.164. The summed E-state index contributed by atoms with van der Waals surface area (Å²) in [5, 5.41) is 2.02. The molecule has 26 heavy (non-hydrogen) atoms. The molecule has 0 unspecified atom stereocenters. The third-order valence-electron chi connectivity index (χ3n) is 4.61. The zero-order chi connectivity index (χ0) is 18.7. The van der Waals surface area contributed by atoms with E-state index in [1.54, 1.807) is 23.5 Å². The van der Waals surface area contributed by atoms with Crippen molar-refractivity contribution in [2.24, 2.45) is 0 Å². The van der Waals surface area contributed by atoms with Crippen molar-refractivity contribution in [1.29, 1.82) is 0 Å². The number of rotatable bonds is 6. The van der Waals surface area contributed by atoms with Crippen LogP contribution in [0.4, 0.5) is 10.1 Å². The molecule has 0 spiro atoms. The smallest absolute Gasteiger partial charge is 0.209 e. The number of piperazine rings is 1. The standard InChI is InChI=1S/C18H24FN3O2S2/c1-14(20-26(2,23)24)18(17-4-3-13-25-17)22-11-9-21(10-12-22)16-7-5-15(19)6-8-16/h3-8,13-14,18,20H,9-12H2,1-2H3/t14-,18-/m1/s1. The summed E-state index contributed by atoms with van der Waals surface area (Å²) >= 11 is 1.65. The Morgan fingerprint density at radius 3 is 2.31 bits per heavy atom. The van der Waals surface area contributed by atoms with Crippen LogP contribution in [0.15, 0.2) is 41.8 Å². The van der Waals surface area contributed by atoms with Crippen LogP contribution in [0.5, 0.6) is 0 Å². The summed E-state index contributed by atoms with van der Waals surface area (Å²) in [5.74, 6) is -0.231. The molecule has 1 aromatic heterocycles. The van der Waals surface area contributed by atoms with Gasteiger partial charge in [0.1, 0.15) is 5.82 Å². The zero-order valence-electron chi connectivity index (χ0n) is 14.9. The van der Waals surface area contributed by atoms with Gasteiger partial charge < -0.3 is 4.90 Å². The molecule has 2 aromatic rings. The second-order valence-corrected chi connectivity index (χ2v) is 9.40. The molecule has 1 saturated heterocycles. The van der Waals surface area contributed by atoms with Gasteiger partial charge in [-0.15, -0.1) is 11.3 Å². The molecule has 0 saturated carbocycles. The lowest BCUT2D eigenvalue weighted by Crippen LogP contribution is -2.52. The number of nitrogens with one attached hydrogen (secondary N) is 1. The molecule has 1 aliphatic rings. The van der Waals surface area contributed by atoms with Crippen LogP contribution in [0.1, 0.15) is 17.8 Å². The van der Waals surface area contributed by atoms with Crippen molar-refractivity contribution in [2.45, 2.75) is 19.0 Å². The van der Waals surface area contributed by atoms with Crippen molar-refractivity contribution in [3.63, 3.8) is 0 Å². The minimum Gasteiger partial charge on any atom is -0.369 e. The van der Waals surface area contributed by atoms with E-state index in [4.69, 9.17) is 0 Å². The largest absolute Gasteiger partial charge is 0.369 e. The van der Waals surface area contributed by atoms with Gasteiger partial charge in [0.15, 0.2) is 0 Å². The summed E-state index contributed by atoms with van der Waals surface area (Å²) in [6.45, 7) is 5.18. The monoisotopic (exact) mass is 397 g/mol. The number of nitrogens with zero attached hydrogens (tertiary/aromatic N) is 2. The van der Waals surface area contributed by atoms with Crippen molar-refractivity contribution in [2.75, 3.05) is 37.3 Å². The molecule has 1 N–H and O–H groups in total. The molecule has 1 fully saturated rings. The molecule has 1 aliphatic heterocycles. The molecule has 0 amide bonds. The Bertz CT molecular complexity index is 801. The summed E-state index contributed by atoms with van der Waals surface area (Å²) in [4.78, 5) is 5.72. The van der Waals surface area contributed by atoms with Gasteiger partial charge in [-0.3, -0.25) is 4.90 Å². The van der Waals surface area contributed by atoms with Crippen LogP contribution in [0.3, 0.4) is 0 Å². The van der Waals surface area contributed by atoms with Gasteiger partial charge in [0.25, 0.3) is 0 Å². The fourth-order valence-electron chi connectivity index (χ4n) is 3.51. The van der Waals surface area contributed by atoms with E-state index >= 15 is 0 Å². The van der Waals surface area contributed by atoms with E-state index in [1.165, 1.54) is 18.4 Å². The van der Waals surface area contributed by atoms with Crippen LogP contribution in [-0.4, -0.2) is 51.8 Å². The highest BCUT2D eigenvalue weighted by Gasteiger charge is 2.31. The average Bonchev–Trinajstić information content (AvgIpc) is 3.09. The normalized spacial score (nSPS) is 18.7. The second-order valence-electron chi connectivity index (χ2n) is 6.64. The predicted octanol–water partition coefficient (Wildman–Crippen LogP) is 2.69. The van der Waals surface area contributed by atoms with Gasteiger partial charge in [0, 0.05) is 42.8 Å². The zero-order valence-corrected chi connectivity index (χ0v) is 16.6. The van der Waals surface area contributed by atoms with Gasteiger partial charge in [-0.25, -0.2) is 17.5 Å². The van der Waals surface area contributed by atoms with Crippen molar-refractivity contribution < 1.29 is 12.8 Å². The van der Waals surface area contributed by atoms with E-state index in [9.17, 15) is 12.8 Å². The van der Waals surface area contributed by atoms with Crippen molar-refractivity contribution in [3.05, 3.63) is 52.5 Å². The van der Waals surface area contributed by atoms with E-state index in [1.807, 2.05) is 18.4 Å². The lowest BCUT2D eigenvalue weighted by Gasteiger charge is -2.42. The number of hydrogen-bond donors (Lipinski definition) is 1. The first-order chi connectivity index (χ1) is 12.3. The van der Waals surface area contributed by atoms with Gasteiger partial charge in [-0.2, -0.15) is 0 Å². The van der Waals surface area contributed by atoms with Crippen LogP contribution in [0.2, 0.25) is 0 Å². The maximum atomic E-state index is 13.1. The van der Waals surface area contributed by atoms with Crippen molar-refractivity contribution in [3.8, 4) is 0 Å². The van der Waals surface area contributed by atoms with Gasteiger partial charge in [-0.1, -0.05) is 6.07 Å². The number of thiophene rings is 1. The maximum Gasteiger partial charge on any atom is 0.209 e. The lowest BCUT2D eigenvalue weighted by atomic mass is 10.1. The minimum atomic E-state index is -3.27. The van der Waals surface area contributed by atoms with E-state index in [2.05, 4.69) is 20.6 Å². The third-order valence-corrected chi connectivity index (χ3v) is 6.35.